The quantitative estimate of drug-likeness (QED) is 0.323. The summed E-state index contributed by atoms with van der Waals surface area (Å²) in [5, 5.41) is 0. The first kappa shape index (κ1) is 8.81. The molecule has 1 aromatic carbocycles. The standard InChI is InChI=1S/C7H8Cl2N2/c8-7(9,11-10)6-4-2-1-3-5-6/h1-5,11H,10H2. The highest BCUT2D eigenvalue weighted by atomic mass is 35.5. The van der Waals surface area contributed by atoms with Gasteiger partial charge in [0.25, 0.3) is 0 Å². The minimum atomic E-state index is -1.19. The summed E-state index contributed by atoms with van der Waals surface area (Å²) in [5.41, 5.74) is 3.02. The number of hydrazine groups is 1. The summed E-state index contributed by atoms with van der Waals surface area (Å²) < 4.78 is -1.19. The van der Waals surface area contributed by atoms with Crippen molar-refractivity contribution in [3.8, 4) is 0 Å². The van der Waals surface area contributed by atoms with Crippen molar-refractivity contribution in [1.29, 1.82) is 0 Å². The van der Waals surface area contributed by atoms with Crippen molar-refractivity contribution in [2.75, 3.05) is 0 Å². The van der Waals surface area contributed by atoms with Gasteiger partial charge >= 0.3 is 0 Å². The maximum atomic E-state index is 5.78. The molecule has 11 heavy (non-hydrogen) atoms. The summed E-state index contributed by atoms with van der Waals surface area (Å²) in [4.78, 5) is 0. The minimum absolute atomic E-state index is 0.728. The van der Waals surface area contributed by atoms with Crippen LogP contribution in [0.4, 0.5) is 0 Å². The Balaban J connectivity index is 2.93. The van der Waals surface area contributed by atoms with Crippen LogP contribution < -0.4 is 11.3 Å². The molecule has 0 fully saturated rings. The van der Waals surface area contributed by atoms with E-state index in [4.69, 9.17) is 29.0 Å². The zero-order chi connectivity index (χ0) is 8.32. The van der Waals surface area contributed by atoms with E-state index in [1.54, 1.807) is 12.1 Å². The van der Waals surface area contributed by atoms with Gasteiger partial charge in [-0.3, -0.25) is 5.84 Å². The Morgan fingerprint density at radius 1 is 1.18 bits per heavy atom. The number of hydrogen-bond acceptors (Lipinski definition) is 2. The molecule has 0 unspecified atom stereocenters. The molecule has 1 aromatic rings. The van der Waals surface area contributed by atoms with Crippen molar-refractivity contribution in [2.24, 2.45) is 5.84 Å². The van der Waals surface area contributed by atoms with E-state index in [0.717, 1.165) is 5.56 Å². The summed E-state index contributed by atoms with van der Waals surface area (Å²) in [5.74, 6) is 5.12. The van der Waals surface area contributed by atoms with Crippen LogP contribution in [-0.2, 0) is 4.46 Å². The fourth-order valence-electron chi connectivity index (χ4n) is 0.731. The van der Waals surface area contributed by atoms with Crippen LogP contribution in [0.5, 0.6) is 0 Å². The van der Waals surface area contributed by atoms with Crippen molar-refractivity contribution in [2.45, 2.75) is 4.46 Å². The first-order chi connectivity index (χ1) is 5.17. The van der Waals surface area contributed by atoms with Gasteiger partial charge in [0.1, 0.15) is 0 Å². The van der Waals surface area contributed by atoms with Gasteiger partial charge in [0, 0.05) is 5.56 Å². The van der Waals surface area contributed by atoms with Gasteiger partial charge in [0.2, 0.25) is 4.46 Å². The second kappa shape index (κ2) is 3.41. The number of nitrogens with two attached hydrogens (primary N) is 1. The van der Waals surface area contributed by atoms with Crippen LogP contribution in [0, 0.1) is 0 Å². The van der Waals surface area contributed by atoms with Crippen molar-refractivity contribution in [3.63, 3.8) is 0 Å². The van der Waals surface area contributed by atoms with E-state index in [1.807, 2.05) is 18.2 Å². The van der Waals surface area contributed by atoms with Crippen molar-refractivity contribution < 1.29 is 0 Å². The second-order valence-electron chi connectivity index (χ2n) is 2.08. The van der Waals surface area contributed by atoms with Crippen LogP contribution in [0.1, 0.15) is 5.56 Å². The normalized spacial score (nSPS) is 11.5. The molecule has 0 aliphatic rings. The van der Waals surface area contributed by atoms with Gasteiger partial charge in [-0.05, 0) is 0 Å². The Labute approximate surface area is 75.3 Å². The summed E-state index contributed by atoms with van der Waals surface area (Å²) >= 11 is 11.6. The summed E-state index contributed by atoms with van der Waals surface area (Å²) in [6, 6.07) is 9.14. The number of benzene rings is 1. The highest BCUT2D eigenvalue weighted by molar-refractivity contribution is 6.47. The molecule has 60 valence electrons. The van der Waals surface area contributed by atoms with Gasteiger partial charge in [-0.1, -0.05) is 53.5 Å². The Morgan fingerprint density at radius 2 is 1.73 bits per heavy atom. The second-order valence-corrected chi connectivity index (χ2v) is 3.41. The number of rotatable bonds is 2. The largest absolute Gasteiger partial charge is 0.269 e. The summed E-state index contributed by atoms with van der Waals surface area (Å²) in [7, 11) is 0. The average molecular weight is 191 g/mol. The summed E-state index contributed by atoms with van der Waals surface area (Å²) in [6.45, 7) is 0. The van der Waals surface area contributed by atoms with Gasteiger partial charge in [-0.15, -0.1) is 0 Å². The Bertz CT molecular complexity index is 223. The molecule has 4 heteroatoms. The lowest BCUT2D eigenvalue weighted by Gasteiger charge is -2.17. The molecule has 3 N–H and O–H groups in total. The smallest absolute Gasteiger partial charge is 0.206 e. The minimum Gasteiger partial charge on any atom is -0.269 e. The van der Waals surface area contributed by atoms with E-state index in [2.05, 4.69) is 5.43 Å². The zero-order valence-corrected chi connectivity index (χ0v) is 7.23. The highest BCUT2D eigenvalue weighted by Crippen LogP contribution is 2.28. The predicted molar refractivity (Wildman–Crippen MR) is 47.1 cm³/mol. The monoisotopic (exact) mass is 190 g/mol. The number of alkyl halides is 2. The van der Waals surface area contributed by atoms with Gasteiger partial charge in [-0.25, -0.2) is 5.43 Å². The number of nitrogens with one attached hydrogen (secondary N) is 1. The Hall–Kier alpha value is -0.280. The van der Waals surface area contributed by atoms with Gasteiger partial charge in [0.05, 0.1) is 0 Å². The molecule has 0 aliphatic heterocycles. The van der Waals surface area contributed by atoms with Gasteiger partial charge < -0.3 is 0 Å². The van der Waals surface area contributed by atoms with E-state index < -0.39 is 4.46 Å². The first-order valence-corrected chi connectivity index (χ1v) is 3.83. The van der Waals surface area contributed by atoms with Crippen LogP contribution in [0.25, 0.3) is 0 Å². The predicted octanol–water partition coefficient (Wildman–Crippen LogP) is 1.74. The molecule has 0 saturated carbocycles. The van der Waals surface area contributed by atoms with Gasteiger partial charge in [-0.2, -0.15) is 0 Å². The molecule has 0 radical (unpaired) electrons. The van der Waals surface area contributed by atoms with Crippen LogP contribution in [-0.4, -0.2) is 0 Å². The third-order valence-corrected chi connectivity index (χ3v) is 1.97. The average Bonchev–Trinajstić information content (AvgIpc) is 2.06. The molecule has 0 bridgehead atoms. The molecule has 0 aromatic heterocycles. The topological polar surface area (TPSA) is 38.0 Å². The molecule has 0 aliphatic carbocycles. The lowest BCUT2D eigenvalue weighted by molar-refractivity contribution is 0.651. The lowest BCUT2D eigenvalue weighted by atomic mass is 10.2. The van der Waals surface area contributed by atoms with E-state index in [-0.39, 0.29) is 0 Å². The van der Waals surface area contributed by atoms with Crippen LogP contribution in [0.15, 0.2) is 30.3 Å². The first-order valence-electron chi connectivity index (χ1n) is 3.08. The fourth-order valence-corrected chi connectivity index (χ4v) is 0.983. The molecule has 0 saturated heterocycles. The zero-order valence-electron chi connectivity index (χ0n) is 5.72. The number of hydrogen-bond donors (Lipinski definition) is 2. The van der Waals surface area contributed by atoms with E-state index in [0.29, 0.717) is 0 Å². The van der Waals surface area contributed by atoms with E-state index in [1.165, 1.54) is 0 Å². The SMILES string of the molecule is NNC(Cl)(Cl)c1ccccc1. The molecule has 0 heterocycles. The highest BCUT2D eigenvalue weighted by Gasteiger charge is 2.23. The fraction of sp³-hybridized carbons (Fsp3) is 0.143. The summed E-state index contributed by atoms with van der Waals surface area (Å²) in [6.07, 6.45) is 0. The molecule has 0 amide bonds. The van der Waals surface area contributed by atoms with E-state index >= 15 is 0 Å². The molecule has 1 rings (SSSR count). The third kappa shape index (κ3) is 2.07. The van der Waals surface area contributed by atoms with Gasteiger partial charge in [0.15, 0.2) is 0 Å². The van der Waals surface area contributed by atoms with Crippen molar-refractivity contribution >= 4 is 23.2 Å². The molecular weight excluding hydrogens is 183 g/mol. The van der Waals surface area contributed by atoms with Crippen molar-refractivity contribution in [3.05, 3.63) is 35.9 Å². The number of halogens is 2. The maximum Gasteiger partial charge on any atom is 0.206 e. The Morgan fingerprint density at radius 3 is 2.18 bits per heavy atom. The maximum absolute atomic E-state index is 5.78. The molecule has 0 atom stereocenters. The Kier molecular flexibility index (Phi) is 2.73. The van der Waals surface area contributed by atoms with Crippen LogP contribution >= 0.6 is 23.2 Å². The van der Waals surface area contributed by atoms with E-state index in [9.17, 15) is 0 Å². The lowest BCUT2D eigenvalue weighted by Crippen LogP contribution is -2.37. The van der Waals surface area contributed by atoms with Crippen LogP contribution in [0.3, 0.4) is 0 Å². The molecular formula is C7H8Cl2N2. The van der Waals surface area contributed by atoms with Crippen molar-refractivity contribution in [1.82, 2.24) is 5.43 Å². The molecule has 0 spiro atoms. The molecule has 2 nitrogen and oxygen atoms in total. The third-order valence-electron chi connectivity index (χ3n) is 1.32. The van der Waals surface area contributed by atoms with Crippen LogP contribution in [0.2, 0.25) is 0 Å².